The van der Waals surface area contributed by atoms with Crippen molar-refractivity contribution in [3.05, 3.63) is 30.1 Å². The van der Waals surface area contributed by atoms with E-state index >= 15 is 0 Å². The molecule has 0 saturated heterocycles. The van der Waals surface area contributed by atoms with E-state index in [2.05, 4.69) is 5.32 Å². The molecule has 2 N–H and O–H groups in total. The maximum atomic E-state index is 9.96. The predicted molar refractivity (Wildman–Crippen MR) is 36.1 cm³/mol. The summed E-state index contributed by atoms with van der Waals surface area (Å²) in [5.41, 5.74) is 0.754. The second-order valence-electron chi connectivity index (χ2n) is 2.23. The van der Waals surface area contributed by atoms with Crippen LogP contribution in [-0.4, -0.2) is 11.3 Å². The fourth-order valence-corrected chi connectivity index (χ4v) is 0.742. The molecule has 1 amide bonds. The zero-order chi connectivity index (χ0) is 8.97. The largest absolute Gasteiger partial charge is 0.530 e. The molecule has 0 aliphatic rings. The van der Waals surface area contributed by atoms with Crippen LogP contribution in [-0.2, 0) is 6.54 Å². The number of rotatable bonds is 2. The molecule has 0 aromatic carbocycles. The van der Waals surface area contributed by atoms with Crippen LogP contribution >= 0.6 is 0 Å². The third-order valence-corrected chi connectivity index (χ3v) is 1.32. The smallest absolute Gasteiger partial charge is 0.222 e. The molecule has 1 rings (SSSR count). The van der Waals surface area contributed by atoms with Gasteiger partial charge in [-0.1, -0.05) is 0 Å². The van der Waals surface area contributed by atoms with Crippen molar-refractivity contribution >= 4 is 6.09 Å². The number of nitrogens with zero attached hydrogens (tertiary/aromatic N) is 1. The minimum Gasteiger partial charge on any atom is -0.530 e. The van der Waals surface area contributed by atoms with E-state index < -0.39 is 6.09 Å². The van der Waals surface area contributed by atoms with Crippen molar-refractivity contribution in [3.63, 3.8) is 0 Å². The van der Waals surface area contributed by atoms with Gasteiger partial charge in [-0.3, -0.25) is 5.21 Å². The van der Waals surface area contributed by atoms with Gasteiger partial charge >= 0.3 is 0 Å². The number of pyridine rings is 1. The number of carbonyl (C=O) groups excluding carboxylic acids is 1. The molecule has 64 valence electrons. The highest BCUT2D eigenvalue weighted by Crippen LogP contribution is 1.92. The van der Waals surface area contributed by atoms with Crippen LogP contribution in [0.5, 0.6) is 0 Å². The van der Waals surface area contributed by atoms with Gasteiger partial charge in [-0.05, 0) is 5.56 Å². The Morgan fingerprint density at radius 2 is 2.17 bits per heavy atom. The van der Waals surface area contributed by atoms with Crippen LogP contribution < -0.4 is 15.2 Å². The SMILES string of the molecule is O=C([O-])NCc1cc[n+](O)cc1. The lowest BCUT2D eigenvalue weighted by Gasteiger charge is -2.04. The van der Waals surface area contributed by atoms with Gasteiger partial charge in [0.1, 0.15) is 6.09 Å². The molecular weight excluding hydrogens is 160 g/mol. The number of hydrogen-bond acceptors (Lipinski definition) is 3. The van der Waals surface area contributed by atoms with Crippen molar-refractivity contribution in [1.29, 1.82) is 0 Å². The van der Waals surface area contributed by atoms with Crippen molar-refractivity contribution in [3.8, 4) is 0 Å². The van der Waals surface area contributed by atoms with Gasteiger partial charge in [0.15, 0.2) is 0 Å². The van der Waals surface area contributed by atoms with Gasteiger partial charge in [-0.25, -0.2) is 0 Å². The van der Waals surface area contributed by atoms with Gasteiger partial charge < -0.3 is 15.2 Å². The predicted octanol–water partition coefficient (Wildman–Crippen LogP) is -1.36. The van der Waals surface area contributed by atoms with E-state index in [0.29, 0.717) is 0 Å². The van der Waals surface area contributed by atoms with Gasteiger partial charge in [0, 0.05) is 23.4 Å². The summed E-state index contributed by atoms with van der Waals surface area (Å²) < 4.78 is 0.877. The molecule has 5 nitrogen and oxygen atoms in total. The highest BCUT2D eigenvalue weighted by atomic mass is 16.5. The summed E-state index contributed by atoms with van der Waals surface area (Å²) in [6.07, 6.45) is 1.51. The standard InChI is InChI=1S/C7H8N2O3/c10-7(11)8-5-6-1-3-9(12)4-2-6/h1-4,8H,5H2,(H-,10,11,12). The molecular formula is C7H8N2O3. The Bertz CT molecular complexity index is 270. The topological polar surface area (TPSA) is 76.3 Å². The van der Waals surface area contributed by atoms with E-state index in [9.17, 15) is 9.90 Å². The molecule has 1 aromatic heterocycles. The lowest BCUT2D eigenvalue weighted by atomic mass is 10.3. The maximum absolute atomic E-state index is 9.96. The molecule has 0 spiro atoms. The fraction of sp³-hybridized carbons (Fsp3) is 0.143. The van der Waals surface area contributed by atoms with E-state index in [4.69, 9.17) is 5.21 Å². The Balaban J connectivity index is 2.53. The monoisotopic (exact) mass is 168 g/mol. The first-order valence-electron chi connectivity index (χ1n) is 3.33. The molecule has 0 atom stereocenters. The summed E-state index contributed by atoms with van der Waals surface area (Å²) in [4.78, 5) is 9.96. The Labute approximate surface area is 68.8 Å². The minimum atomic E-state index is -1.31. The molecule has 12 heavy (non-hydrogen) atoms. The van der Waals surface area contributed by atoms with Crippen LogP contribution in [0.3, 0.4) is 0 Å². The number of carbonyl (C=O) groups is 1. The molecule has 0 bridgehead atoms. The molecule has 0 aliphatic carbocycles. The number of nitrogens with one attached hydrogen (secondary N) is 1. The first-order valence-corrected chi connectivity index (χ1v) is 3.33. The second-order valence-corrected chi connectivity index (χ2v) is 2.23. The van der Waals surface area contributed by atoms with E-state index in [-0.39, 0.29) is 6.54 Å². The van der Waals surface area contributed by atoms with E-state index in [1.807, 2.05) is 0 Å². The number of carboxylic acid groups (broad SMARTS) is 1. The van der Waals surface area contributed by atoms with Crippen molar-refractivity contribution in [2.75, 3.05) is 0 Å². The number of aromatic nitrogens is 1. The highest BCUT2D eigenvalue weighted by molar-refractivity contribution is 5.61. The normalized spacial score (nSPS) is 9.33. The van der Waals surface area contributed by atoms with Gasteiger partial charge in [-0.2, -0.15) is 0 Å². The lowest BCUT2D eigenvalue weighted by molar-refractivity contribution is -0.904. The van der Waals surface area contributed by atoms with Crippen molar-refractivity contribution < 1.29 is 19.8 Å². The number of hydrogen-bond donors (Lipinski definition) is 2. The molecule has 5 heteroatoms. The summed E-state index contributed by atoms with van der Waals surface area (Å²) >= 11 is 0. The van der Waals surface area contributed by atoms with E-state index in [1.165, 1.54) is 12.4 Å². The molecule has 0 unspecified atom stereocenters. The van der Waals surface area contributed by atoms with Crippen LogP contribution in [0.25, 0.3) is 0 Å². The van der Waals surface area contributed by atoms with Crippen molar-refractivity contribution in [1.82, 2.24) is 5.32 Å². The average molecular weight is 168 g/mol. The van der Waals surface area contributed by atoms with Crippen LogP contribution in [0.4, 0.5) is 4.79 Å². The first-order chi connectivity index (χ1) is 5.68. The third-order valence-electron chi connectivity index (χ3n) is 1.32. The van der Waals surface area contributed by atoms with Crippen LogP contribution in [0.1, 0.15) is 5.56 Å². The van der Waals surface area contributed by atoms with Crippen LogP contribution in [0.15, 0.2) is 24.5 Å². The van der Waals surface area contributed by atoms with E-state index in [1.54, 1.807) is 12.1 Å². The Morgan fingerprint density at radius 3 is 2.67 bits per heavy atom. The van der Waals surface area contributed by atoms with Gasteiger partial charge in [0.05, 0.1) is 0 Å². The highest BCUT2D eigenvalue weighted by Gasteiger charge is 1.96. The van der Waals surface area contributed by atoms with Gasteiger partial charge in [-0.15, -0.1) is 0 Å². The van der Waals surface area contributed by atoms with Crippen molar-refractivity contribution in [2.45, 2.75) is 6.54 Å². The molecule has 0 fully saturated rings. The maximum Gasteiger partial charge on any atom is 0.222 e. The second kappa shape index (κ2) is 3.56. The van der Waals surface area contributed by atoms with Gasteiger partial charge in [0.25, 0.3) is 0 Å². The Hall–Kier alpha value is -1.78. The fourth-order valence-electron chi connectivity index (χ4n) is 0.742. The summed E-state index contributed by atoms with van der Waals surface area (Å²) in [5.74, 6) is 0. The molecule has 0 aliphatic heterocycles. The first kappa shape index (κ1) is 8.32. The summed E-state index contributed by atoms with van der Waals surface area (Å²) in [7, 11) is 0. The minimum absolute atomic E-state index is 0.184. The molecule has 1 heterocycles. The quantitative estimate of drug-likeness (QED) is 0.423. The zero-order valence-electron chi connectivity index (χ0n) is 6.23. The van der Waals surface area contributed by atoms with Crippen molar-refractivity contribution in [2.24, 2.45) is 0 Å². The summed E-state index contributed by atoms with van der Waals surface area (Å²) in [5, 5.41) is 20.9. The zero-order valence-corrected chi connectivity index (χ0v) is 6.23. The number of amides is 1. The van der Waals surface area contributed by atoms with Crippen LogP contribution in [0.2, 0.25) is 0 Å². The Kier molecular flexibility index (Phi) is 2.47. The summed E-state index contributed by atoms with van der Waals surface area (Å²) in [6, 6.07) is 3.19. The Morgan fingerprint density at radius 1 is 1.58 bits per heavy atom. The van der Waals surface area contributed by atoms with E-state index in [0.717, 1.165) is 10.3 Å². The summed E-state index contributed by atoms with van der Waals surface area (Å²) in [6.45, 7) is 0.184. The average Bonchev–Trinajstić information content (AvgIpc) is 2.03. The van der Waals surface area contributed by atoms with Crippen LogP contribution in [0, 0.1) is 0 Å². The third kappa shape index (κ3) is 2.45. The van der Waals surface area contributed by atoms with Gasteiger partial charge in [0.2, 0.25) is 12.4 Å². The lowest BCUT2D eigenvalue weighted by Crippen LogP contribution is -2.36. The molecule has 0 saturated carbocycles. The molecule has 1 aromatic rings. The molecule has 0 radical (unpaired) electrons.